The van der Waals surface area contributed by atoms with E-state index < -0.39 is 0 Å². The second kappa shape index (κ2) is 6.07. The molecule has 1 atom stereocenters. The molecular formula is C16H15Cl2N3O. The van der Waals surface area contributed by atoms with E-state index in [1.165, 1.54) is 0 Å². The summed E-state index contributed by atoms with van der Waals surface area (Å²) < 4.78 is 5.19. The first-order valence-electron chi connectivity index (χ1n) is 6.79. The number of anilines is 1. The number of amidine groups is 1. The molecular weight excluding hydrogens is 321 g/mol. The zero-order valence-corrected chi connectivity index (χ0v) is 13.5. The molecule has 2 N–H and O–H groups in total. The third-order valence-corrected chi connectivity index (χ3v) is 4.13. The van der Waals surface area contributed by atoms with E-state index in [9.17, 15) is 0 Å². The quantitative estimate of drug-likeness (QED) is 0.913. The second-order valence-corrected chi connectivity index (χ2v) is 5.87. The van der Waals surface area contributed by atoms with Crippen molar-refractivity contribution in [1.29, 1.82) is 0 Å². The van der Waals surface area contributed by atoms with Crippen LogP contribution in [0.15, 0.2) is 47.6 Å². The molecule has 0 bridgehead atoms. The van der Waals surface area contributed by atoms with Crippen LogP contribution >= 0.6 is 23.2 Å². The normalized spacial score (nSPS) is 17.5. The van der Waals surface area contributed by atoms with Gasteiger partial charge in [-0.05, 0) is 35.9 Å². The molecule has 0 saturated carbocycles. The fraction of sp³-hybridized carbons (Fsp3) is 0.188. The van der Waals surface area contributed by atoms with Crippen LogP contribution in [0.5, 0.6) is 5.75 Å². The molecule has 0 unspecified atom stereocenters. The van der Waals surface area contributed by atoms with Crippen LogP contribution in [0.25, 0.3) is 0 Å². The summed E-state index contributed by atoms with van der Waals surface area (Å²) >= 11 is 12.3. The molecule has 1 heterocycles. The van der Waals surface area contributed by atoms with E-state index in [0.29, 0.717) is 22.3 Å². The highest BCUT2D eigenvalue weighted by Crippen LogP contribution is 2.39. The van der Waals surface area contributed by atoms with Gasteiger partial charge in [0, 0.05) is 11.4 Å². The molecule has 114 valence electrons. The molecule has 1 aliphatic rings. The Morgan fingerprint density at radius 2 is 1.91 bits per heavy atom. The van der Waals surface area contributed by atoms with Crippen LogP contribution < -0.4 is 15.5 Å². The fourth-order valence-corrected chi connectivity index (χ4v) is 3.00. The first kappa shape index (κ1) is 15.0. The third kappa shape index (κ3) is 2.85. The van der Waals surface area contributed by atoms with Gasteiger partial charge in [0.2, 0.25) is 0 Å². The Morgan fingerprint density at radius 3 is 2.55 bits per heavy atom. The summed E-state index contributed by atoms with van der Waals surface area (Å²) in [7, 11) is 1.64. The number of rotatable bonds is 3. The Morgan fingerprint density at radius 1 is 1.18 bits per heavy atom. The summed E-state index contributed by atoms with van der Waals surface area (Å²) in [6.07, 6.45) is 0.644. The van der Waals surface area contributed by atoms with Gasteiger partial charge in [-0.1, -0.05) is 35.3 Å². The zero-order chi connectivity index (χ0) is 15.7. The smallest absolute Gasteiger partial charge is 0.122 e. The molecule has 1 aliphatic heterocycles. The van der Waals surface area contributed by atoms with Crippen molar-refractivity contribution in [3.05, 3.63) is 58.1 Å². The second-order valence-electron chi connectivity index (χ2n) is 5.02. The zero-order valence-electron chi connectivity index (χ0n) is 12.0. The van der Waals surface area contributed by atoms with E-state index in [1.54, 1.807) is 19.2 Å². The number of methoxy groups -OCH3 is 1. The van der Waals surface area contributed by atoms with Crippen LogP contribution in [0.2, 0.25) is 10.0 Å². The lowest BCUT2D eigenvalue weighted by Gasteiger charge is -2.24. The van der Waals surface area contributed by atoms with Crippen LogP contribution in [0.4, 0.5) is 5.69 Å². The van der Waals surface area contributed by atoms with Crippen LogP contribution in [0.1, 0.15) is 18.0 Å². The topological polar surface area (TPSA) is 50.9 Å². The molecule has 2 aromatic rings. The van der Waals surface area contributed by atoms with Crippen molar-refractivity contribution in [1.82, 2.24) is 0 Å². The van der Waals surface area contributed by atoms with E-state index in [2.05, 4.69) is 5.10 Å². The number of ether oxygens (including phenoxy) is 1. The predicted molar refractivity (Wildman–Crippen MR) is 90.9 cm³/mol. The molecule has 4 nitrogen and oxygen atoms in total. The minimum Gasteiger partial charge on any atom is -0.497 e. The lowest BCUT2D eigenvalue weighted by atomic mass is 10.0. The number of hydrazone groups is 1. The molecule has 3 rings (SSSR count). The third-order valence-electron chi connectivity index (χ3n) is 3.59. The average molecular weight is 336 g/mol. The SMILES string of the molecule is COc1ccc([C@@H]2CC(N)=NN2c2ccc(Cl)cc2Cl)cc1. The van der Waals surface area contributed by atoms with Crippen molar-refractivity contribution in [3.63, 3.8) is 0 Å². The molecule has 0 aliphatic carbocycles. The molecule has 0 fully saturated rings. The molecule has 22 heavy (non-hydrogen) atoms. The van der Waals surface area contributed by atoms with Crippen molar-refractivity contribution in [2.75, 3.05) is 12.1 Å². The van der Waals surface area contributed by atoms with Gasteiger partial charge in [-0.2, -0.15) is 5.10 Å². The fourth-order valence-electron chi connectivity index (χ4n) is 2.51. The van der Waals surface area contributed by atoms with E-state index in [-0.39, 0.29) is 6.04 Å². The Labute approximate surface area is 139 Å². The standard InChI is InChI=1S/C16H15Cl2N3O/c1-22-12-5-2-10(3-6-12)15-9-16(19)20-21(15)14-7-4-11(17)8-13(14)18/h2-8,15H,9H2,1H3,(H2,19,20)/t15-/m0/s1. The van der Waals surface area contributed by atoms with Crippen LogP contribution in [0, 0.1) is 0 Å². The molecule has 6 heteroatoms. The van der Waals surface area contributed by atoms with Crippen LogP contribution in [-0.2, 0) is 0 Å². The highest BCUT2D eigenvalue weighted by Gasteiger charge is 2.29. The number of nitrogens with two attached hydrogens (primary N) is 1. The van der Waals surface area contributed by atoms with Gasteiger partial charge in [-0.15, -0.1) is 0 Å². The van der Waals surface area contributed by atoms with Gasteiger partial charge in [0.05, 0.1) is 23.9 Å². The minimum atomic E-state index is 0.00424. The van der Waals surface area contributed by atoms with Gasteiger partial charge in [-0.3, -0.25) is 5.01 Å². The van der Waals surface area contributed by atoms with Gasteiger partial charge in [-0.25, -0.2) is 0 Å². The molecule has 0 spiro atoms. The summed E-state index contributed by atoms with van der Waals surface area (Å²) in [5.41, 5.74) is 7.82. The summed E-state index contributed by atoms with van der Waals surface area (Å²) in [6, 6.07) is 13.2. The average Bonchev–Trinajstić information content (AvgIpc) is 2.89. The lowest BCUT2D eigenvalue weighted by molar-refractivity contribution is 0.414. The van der Waals surface area contributed by atoms with E-state index in [0.717, 1.165) is 17.0 Å². The number of benzene rings is 2. The van der Waals surface area contributed by atoms with Gasteiger partial charge in [0.1, 0.15) is 11.6 Å². The monoisotopic (exact) mass is 335 g/mol. The van der Waals surface area contributed by atoms with E-state index in [4.69, 9.17) is 33.7 Å². The molecule has 0 saturated heterocycles. The van der Waals surface area contributed by atoms with E-state index in [1.807, 2.05) is 35.3 Å². The maximum atomic E-state index is 6.30. The Bertz CT molecular complexity index is 716. The molecule has 2 aromatic carbocycles. The molecule has 0 aromatic heterocycles. The largest absolute Gasteiger partial charge is 0.497 e. The Balaban J connectivity index is 1.96. The van der Waals surface area contributed by atoms with Crippen molar-refractivity contribution in [3.8, 4) is 5.75 Å². The predicted octanol–water partition coefficient (Wildman–Crippen LogP) is 4.23. The first-order chi connectivity index (χ1) is 10.6. The van der Waals surface area contributed by atoms with Gasteiger partial charge < -0.3 is 10.5 Å². The van der Waals surface area contributed by atoms with Crippen molar-refractivity contribution < 1.29 is 4.74 Å². The Hall–Kier alpha value is -1.91. The van der Waals surface area contributed by atoms with Crippen molar-refractivity contribution in [2.24, 2.45) is 10.8 Å². The molecule has 0 amide bonds. The highest BCUT2D eigenvalue weighted by atomic mass is 35.5. The van der Waals surface area contributed by atoms with E-state index >= 15 is 0 Å². The highest BCUT2D eigenvalue weighted by molar-refractivity contribution is 6.36. The van der Waals surface area contributed by atoms with Crippen molar-refractivity contribution >= 4 is 34.7 Å². The van der Waals surface area contributed by atoms with Crippen LogP contribution in [-0.4, -0.2) is 12.9 Å². The number of hydrogen-bond acceptors (Lipinski definition) is 4. The lowest BCUT2D eigenvalue weighted by Crippen LogP contribution is -2.19. The van der Waals surface area contributed by atoms with Gasteiger partial charge >= 0.3 is 0 Å². The summed E-state index contributed by atoms with van der Waals surface area (Å²) in [5, 5.41) is 7.40. The summed E-state index contributed by atoms with van der Waals surface area (Å²) in [6.45, 7) is 0. The summed E-state index contributed by atoms with van der Waals surface area (Å²) in [5.74, 6) is 1.39. The minimum absolute atomic E-state index is 0.00424. The summed E-state index contributed by atoms with van der Waals surface area (Å²) in [4.78, 5) is 0. The van der Waals surface area contributed by atoms with Crippen LogP contribution in [0.3, 0.4) is 0 Å². The molecule has 0 radical (unpaired) electrons. The maximum Gasteiger partial charge on any atom is 0.122 e. The van der Waals surface area contributed by atoms with Gasteiger partial charge in [0.25, 0.3) is 0 Å². The van der Waals surface area contributed by atoms with Crippen molar-refractivity contribution in [2.45, 2.75) is 12.5 Å². The Kier molecular flexibility index (Phi) is 4.14. The number of halogens is 2. The maximum absolute atomic E-state index is 6.30. The first-order valence-corrected chi connectivity index (χ1v) is 7.55. The van der Waals surface area contributed by atoms with Gasteiger partial charge in [0.15, 0.2) is 0 Å². The number of nitrogens with zero attached hydrogens (tertiary/aromatic N) is 2. The number of hydrogen-bond donors (Lipinski definition) is 1.